The molecule has 118 valence electrons. The molecule has 2 fully saturated rings. The lowest BCUT2D eigenvalue weighted by Gasteiger charge is -2.20. The number of likely N-dealkylation sites (tertiary alicyclic amines) is 1. The molecule has 1 saturated heterocycles. The summed E-state index contributed by atoms with van der Waals surface area (Å²) in [4.78, 5) is 2.71. The fourth-order valence-electron chi connectivity index (χ4n) is 3.71. The summed E-state index contributed by atoms with van der Waals surface area (Å²) in [5.41, 5.74) is 2.39. The Hall–Kier alpha value is -0.870. The number of rotatable bonds is 6. The molecule has 0 amide bonds. The summed E-state index contributed by atoms with van der Waals surface area (Å²) in [5, 5.41) is 8.35. The Morgan fingerprint density at radius 1 is 1.38 bits per heavy atom. The molecule has 4 heteroatoms. The maximum Gasteiger partial charge on any atom is 0.0596 e. The van der Waals surface area contributed by atoms with Crippen LogP contribution < -0.4 is 5.32 Å². The van der Waals surface area contributed by atoms with Gasteiger partial charge in [0.25, 0.3) is 0 Å². The molecule has 0 radical (unpaired) electrons. The van der Waals surface area contributed by atoms with E-state index in [0.717, 1.165) is 30.9 Å². The number of aromatic nitrogens is 2. The van der Waals surface area contributed by atoms with Crippen LogP contribution in [0.4, 0.5) is 0 Å². The van der Waals surface area contributed by atoms with Crippen molar-refractivity contribution in [1.29, 1.82) is 0 Å². The van der Waals surface area contributed by atoms with Crippen molar-refractivity contribution in [2.45, 2.75) is 71.6 Å². The lowest BCUT2D eigenvalue weighted by Crippen LogP contribution is -2.37. The van der Waals surface area contributed by atoms with E-state index in [4.69, 9.17) is 0 Å². The number of nitrogens with one attached hydrogen (secondary N) is 1. The SMILES string of the molecule is Cc1cc(C)n(C[C@H](C)CN[C@@H]2C[C@@H](C)N(C3CC3)C2)n1. The van der Waals surface area contributed by atoms with E-state index in [1.807, 2.05) is 0 Å². The van der Waals surface area contributed by atoms with Gasteiger partial charge in [0.1, 0.15) is 0 Å². The van der Waals surface area contributed by atoms with Gasteiger partial charge in [-0.3, -0.25) is 9.58 Å². The normalized spacial score (nSPS) is 28.2. The minimum absolute atomic E-state index is 0.619. The van der Waals surface area contributed by atoms with Crippen LogP contribution in [-0.4, -0.2) is 45.9 Å². The van der Waals surface area contributed by atoms with Crippen LogP contribution in [0.25, 0.3) is 0 Å². The Bertz CT molecular complexity index is 477. The molecular formula is C17H30N4. The van der Waals surface area contributed by atoms with Crippen LogP contribution in [0.2, 0.25) is 0 Å². The molecule has 1 aromatic rings. The average Bonchev–Trinajstić information content (AvgIpc) is 3.12. The Morgan fingerprint density at radius 3 is 2.76 bits per heavy atom. The van der Waals surface area contributed by atoms with Crippen molar-refractivity contribution >= 4 is 0 Å². The molecule has 0 aromatic carbocycles. The van der Waals surface area contributed by atoms with Gasteiger partial charge < -0.3 is 5.32 Å². The monoisotopic (exact) mass is 290 g/mol. The van der Waals surface area contributed by atoms with E-state index in [1.165, 1.54) is 31.5 Å². The number of aryl methyl sites for hydroxylation is 2. The van der Waals surface area contributed by atoms with Crippen LogP contribution in [-0.2, 0) is 6.54 Å². The zero-order chi connectivity index (χ0) is 15.0. The maximum absolute atomic E-state index is 4.57. The van der Waals surface area contributed by atoms with E-state index in [-0.39, 0.29) is 0 Å². The van der Waals surface area contributed by atoms with Crippen molar-refractivity contribution in [3.8, 4) is 0 Å². The molecule has 3 rings (SSSR count). The molecule has 1 aromatic heterocycles. The largest absolute Gasteiger partial charge is 0.312 e. The van der Waals surface area contributed by atoms with Crippen molar-refractivity contribution in [2.24, 2.45) is 5.92 Å². The van der Waals surface area contributed by atoms with Gasteiger partial charge in [-0.2, -0.15) is 5.10 Å². The lowest BCUT2D eigenvalue weighted by atomic mass is 10.1. The van der Waals surface area contributed by atoms with E-state index < -0.39 is 0 Å². The summed E-state index contributed by atoms with van der Waals surface area (Å²) < 4.78 is 2.15. The van der Waals surface area contributed by atoms with E-state index in [1.54, 1.807) is 0 Å². The number of nitrogens with zero attached hydrogens (tertiary/aromatic N) is 3. The van der Waals surface area contributed by atoms with Gasteiger partial charge in [-0.25, -0.2) is 0 Å². The van der Waals surface area contributed by atoms with Crippen LogP contribution in [0.3, 0.4) is 0 Å². The third kappa shape index (κ3) is 3.67. The van der Waals surface area contributed by atoms with Gasteiger partial charge in [0, 0.05) is 36.9 Å². The van der Waals surface area contributed by atoms with Gasteiger partial charge in [-0.15, -0.1) is 0 Å². The second-order valence-electron chi connectivity index (χ2n) is 7.33. The molecule has 1 N–H and O–H groups in total. The fraction of sp³-hybridized carbons (Fsp3) is 0.824. The second-order valence-corrected chi connectivity index (χ2v) is 7.33. The average molecular weight is 290 g/mol. The van der Waals surface area contributed by atoms with Crippen molar-refractivity contribution < 1.29 is 0 Å². The molecule has 3 atom stereocenters. The van der Waals surface area contributed by atoms with Gasteiger partial charge in [0.05, 0.1) is 5.69 Å². The Balaban J connectivity index is 1.43. The maximum atomic E-state index is 4.57. The predicted octanol–water partition coefficient (Wildman–Crippen LogP) is 2.35. The molecular weight excluding hydrogens is 260 g/mol. The predicted molar refractivity (Wildman–Crippen MR) is 86.5 cm³/mol. The second kappa shape index (κ2) is 6.09. The van der Waals surface area contributed by atoms with Crippen LogP contribution in [0, 0.1) is 19.8 Å². The summed E-state index contributed by atoms with van der Waals surface area (Å²) in [6, 6.07) is 4.51. The minimum atomic E-state index is 0.619. The van der Waals surface area contributed by atoms with Crippen LogP contribution in [0.1, 0.15) is 44.5 Å². The smallest absolute Gasteiger partial charge is 0.0596 e. The molecule has 4 nitrogen and oxygen atoms in total. The van der Waals surface area contributed by atoms with Gasteiger partial charge in [-0.1, -0.05) is 6.92 Å². The summed E-state index contributed by atoms with van der Waals surface area (Å²) in [7, 11) is 0. The van der Waals surface area contributed by atoms with E-state index >= 15 is 0 Å². The first kappa shape index (κ1) is 15.0. The highest BCUT2D eigenvalue weighted by Gasteiger charge is 2.38. The molecule has 21 heavy (non-hydrogen) atoms. The van der Waals surface area contributed by atoms with Crippen molar-refractivity contribution in [2.75, 3.05) is 13.1 Å². The molecule has 1 saturated carbocycles. The van der Waals surface area contributed by atoms with Crippen molar-refractivity contribution in [1.82, 2.24) is 20.0 Å². The molecule has 1 aliphatic heterocycles. The highest BCUT2D eigenvalue weighted by molar-refractivity contribution is 5.06. The van der Waals surface area contributed by atoms with Gasteiger partial charge in [0.2, 0.25) is 0 Å². The summed E-state index contributed by atoms with van der Waals surface area (Å²) >= 11 is 0. The Kier molecular flexibility index (Phi) is 4.36. The minimum Gasteiger partial charge on any atom is -0.312 e. The molecule has 2 heterocycles. The standard InChI is InChI=1S/C17H30N4/c1-12(10-21-15(4)7-13(2)19-21)9-18-16-8-14(3)20(11-16)17-5-6-17/h7,12,14,16-18H,5-6,8-11H2,1-4H3/t12-,14-,16-/m1/s1. The number of hydrogen-bond donors (Lipinski definition) is 1. The lowest BCUT2D eigenvalue weighted by molar-refractivity contribution is 0.254. The number of hydrogen-bond acceptors (Lipinski definition) is 3. The van der Waals surface area contributed by atoms with Crippen molar-refractivity contribution in [3.63, 3.8) is 0 Å². The highest BCUT2D eigenvalue weighted by atomic mass is 15.3. The molecule has 0 unspecified atom stereocenters. The third-order valence-corrected chi connectivity index (χ3v) is 4.98. The topological polar surface area (TPSA) is 33.1 Å². The first-order valence-corrected chi connectivity index (χ1v) is 8.53. The van der Waals surface area contributed by atoms with Crippen LogP contribution in [0.15, 0.2) is 6.07 Å². The van der Waals surface area contributed by atoms with E-state index in [0.29, 0.717) is 12.0 Å². The fourth-order valence-corrected chi connectivity index (χ4v) is 3.71. The van der Waals surface area contributed by atoms with Crippen LogP contribution in [0.5, 0.6) is 0 Å². The summed E-state index contributed by atoms with van der Waals surface area (Å²) in [5.74, 6) is 0.619. The Labute approximate surface area is 128 Å². The van der Waals surface area contributed by atoms with E-state index in [2.05, 4.69) is 53.8 Å². The third-order valence-electron chi connectivity index (χ3n) is 4.98. The molecule has 2 aliphatic rings. The molecule has 0 bridgehead atoms. The molecule has 0 spiro atoms. The Morgan fingerprint density at radius 2 is 2.14 bits per heavy atom. The summed E-state index contributed by atoms with van der Waals surface area (Å²) in [6.07, 6.45) is 4.15. The quantitative estimate of drug-likeness (QED) is 0.873. The first-order chi connectivity index (χ1) is 10.0. The summed E-state index contributed by atoms with van der Waals surface area (Å²) in [6.45, 7) is 12.3. The van der Waals surface area contributed by atoms with Gasteiger partial charge >= 0.3 is 0 Å². The van der Waals surface area contributed by atoms with Crippen molar-refractivity contribution in [3.05, 3.63) is 17.5 Å². The first-order valence-electron chi connectivity index (χ1n) is 8.53. The van der Waals surface area contributed by atoms with Gasteiger partial charge in [0.15, 0.2) is 0 Å². The zero-order valence-corrected chi connectivity index (χ0v) is 14.0. The molecule has 1 aliphatic carbocycles. The van der Waals surface area contributed by atoms with E-state index in [9.17, 15) is 0 Å². The highest BCUT2D eigenvalue weighted by Crippen LogP contribution is 2.33. The zero-order valence-electron chi connectivity index (χ0n) is 14.0. The van der Waals surface area contributed by atoms with Crippen LogP contribution >= 0.6 is 0 Å². The van der Waals surface area contributed by atoms with Gasteiger partial charge in [-0.05, 0) is 58.6 Å².